The molecule has 1 saturated carbocycles. The first-order valence-electron chi connectivity index (χ1n) is 8.71. The molecule has 1 aliphatic heterocycles. The van der Waals surface area contributed by atoms with E-state index in [0.717, 1.165) is 37.0 Å². The van der Waals surface area contributed by atoms with Crippen molar-refractivity contribution in [1.82, 2.24) is 5.32 Å². The van der Waals surface area contributed by atoms with Crippen LogP contribution in [0.4, 0.5) is 4.39 Å². The Hall–Kier alpha value is -2.94. The molecule has 3 rings (SSSR count). The fourth-order valence-corrected chi connectivity index (χ4v) is 3.04. The molecule has 2 aliphatic rings. The molecule has 1 heterocycles. The smallest absolute Gasteiger partial charge is 0.291 e. The van der Waals surface area contributed by atoms with Gasteiger partial charge in [0.2, 0.25) is 0 Å². The second-order valence-corrected chi connectivity index (χ2v) is 6.29. The quantitative estimate of drug-likeness (QED) is 0.833. The molecule has 5 nitrogen and oxygen atoms in total. The Labute approximate surface area is 152 Å². The first-order valence-corrected chi connectivity index (χ1v) is 8.71. The average Bonchev–Trinajstić information content (AvgIpc) is 2.69. The van der Waals surface area contributed by atoms with Crippen LogP contribution in [0.3, 0.4) is 0 Å². The maximum Gasteiger partial charge on any atom is 0.291 e. The highest BCUT2D eigenvalue weighted by molar-refractivity contribution is 5.90. The van der Waals surface area contributed by atoms with Gasteiger partial charge in [0, 0.05) is 11.6 Å². The van der Waals surface area contributed by atoms with E-state index in [4.69, 9.17) is 10.00 Å². The van der Waals surface area contributed by atoms with Gasteiger partial charge in [-0.1, -0.05) is 24.6 Å². The predicted molar refractivity (Wildman–Crippen MR) is 99.1 cm³/mol. The van der Waals surface area contributed by atoms with Gasteiger partial charge in [0.05, 0.1) is 18.2 Å². The summed E-state index contributed by atoms with van der Waals surface area (Å²) in [6.45, 7) is 4.00. The SMILES string of the molecule is C=CC1CCCCC1=NC1=C(F)CN=C(OCc2cccc(C#N)c2)N1. The summed E-state index contributed by atoms with van der Waals surface area (Å²) in [7, 11) is 0. The molecule has 1 fully saturated rings. The van der Waals surface area contributed by atoms with E-state index >= 15 is 0 Å². The van der Waals surface area contributed by atoms with E-state index in [2.05, 4.69) is 27.9 Å². The minimum absolute atomic E-state index is 0.0918. The number of halogens is 1. The first kappa shape index (κ1) is 17.9. The lowest BCUT2D eigenvalue weighted by molar-refractivity contribution is 0.276. The van der Waals surface area contributed by atoms with E-state index in [0.29, 0.717) is 5.56 Å². The molecule has 0 saturated heterocycles. The molecule has 1 unspecified atom stereocenters. The Bertz CT molecular complexity index is 819. The van der Waals surface area contributed by atoms with E-state index < -0.39 is 5.83 Å². The molecule has 0 amide bonds. The molecule has 0 spiro atoms. The van der Waals surface area contributed by atoms with E-state index in [9.17, 15) is 4.39 Å². The molecule has 6 heteroatoms. The van der Waals surface area contributed by atoms with Gasteiger partial charge in [-0.15, -0.1) is 6.58 Å². The first-order chi connectivity index (χ1) is 12.7. The Morgan fingerprint density at radius 2 is 2.35 bits per heavy atom. The van der Waals surface area contributed by atoms with Gasteiger partial charge in [0.15, 0.2) is 11.6 Å². The van der Waals surface area contributed by atoms with Crippen LogP contribution in [0, 0.1) is 17.2 Å². The summed E-state index contributed by atoms with van der Waals surface area (Å²) >= 11 is 0. The number of rotatable bonds is 4. The fraction of sp³-hybridized carbons (Fsp3) is 0.350. The minimum atomic E-state index is -0.398. The van der Waals surface area contributed by atoms with Gasteiger partial charge in [-0.3, -0.25) is 5.32 Å². The molecule has 0 bridgehead atoms. The van der Waals surface area contributed by atoms with Crippen molar-refractivity contribution in [3.63, 3.8) is 0 Å². The molecule has 0 aromatic heterocycles. The van der Waals surface area contributed by atoms with Crippen molar-refractivity contribution in [1.29, 1.82) is 5.26 Å². The summed E-state index contributed by atoms with van der Waals surface area (Å²) in [5.41, 5.74) is 2.36. The molecule has 1 aromatic rings. The topological polar surface area (TPSA) is 69.8 Å². The third kappa shape index (κ3) is 4.37. The second kappa shape index (κ2) is 8.43. The lowest BCUT2D eigenvalue weighted by atomic mass is 9.87. The van der Waals surface area contributed by atoms with Crippen molar-refractivity contribution in [3.8, 4) is 6.07 Å². The number of hydrogen-bond donors (Lipinski definition) is 1. The van der Waals surface area contributed by atoms with Crippen molar-refractivity contribution in [2.45, 2.75) is 32.3 Å². The summed E-state index contributed by atoms with van der Waals surface area (Å²) in [5.74, 6) is -0.0305. The lowest BCUT2D eigenvalue weighted by Crippen LogP contribution is -2.31. The van der Waals surface area contributed by atoms with E-state index in [1.54, 1.807) is 18.2 Å². The number of aliphatic imine (C=N–C) groups is 2. The highest BCUT2D eigenvalue weighted by Gasteiger charge is 2.21. The van der Waals surface area contributed by atoms with Crippen molar-refractivity contribution < 1.29 is 9.13 Å². The lowest BCUT2D eigenvalue weighted by Gasteiger charge is -2.23. The number of benzene rings is 1. The summed E-state index contributed by atoms with van der Waals surface area (Å²) in [5, 5.41) is 11.8. The minimum Gasteiger partial charge on any atom is -0.460 e. The zero-order valence-corrected chi connectivity index (χ0v) is 14.5. The summed E-state index contributed by atoms with van der Waals surface area (Å²) in [6.07, 6.45) is 5.94. The number of allylic oxidation sites excluding steroid dienone is 1. The molecular formula is C20H21FN4O. The molecule has 1 N–H and O–H groups in total. The molecule has 1 aromatic carbocycles. The molecule has 26 heavy (non-hydrogen) atoms. The largest absolute Gasteiger partial charge is 0.460 e. The number of ether oxygens (including phenoxy) is 1. The van der Waals surface area contributed by atoms with E-state index in [1.807, 2.05) is 12.1 Å². The highest BCUT2D eigenvalue weighted by Crippen LogP contribution is 2.24. The van der Waals surface area contributed by atoms with Crippen LogP contribution >= 0.6 is 0 Å². The maximum atomic E-state index is 14.2. The van der Waals surface area contributed by atoms with Crippen LogP contribution in [0.25, 0.3) is 0 Å². The Balaban J connectivity index is 1.65. The summed E-state index contributed by atoms with van der Waals surface area (Å²) < 4.78 is 19.8. The van der Waals surface area contributed by atoms with Gasteiger partial charge >= 0.3 is 0 Å². The average molecular weight is 352 g/mol. The summed E-state index contributed by atoms with van der Waals surface area (Å²) in [4.78, 5) is 8.54. The van der Waals surface area contributed by atoms with Gasteiger partial charge in [0.1, 0.15) is 6.61 Å². The second-order valence-electron chi connectivity index (χ2n) is 6.29. The monoisotopic (exact) mass is 352 g/mol. The van der Waals surface area contributed by atoms with E-state index in [-0.39, 0.29) is 30.9 Å². The van der Waals surface area contributed by atoms with Crippen molar-refractivity contribution >= 4 is 11.7 Å². The Morgan fingerprint density at radius 1 is 1.46 bits per heavy atom. The van der Waals surface area contributed by atoms with Gasteiger partial charge < -0.3 is 4.74 Å². The van der Waals surface area contributed by atoms with Crippen molar-refractivity contribution in [3.05, 3.63) is 59.7 Å². The Morgan fingerprint density at radius 3 is 3.15 bits per heavy atom. The van der Waals surface area contributed by atoms with Crippen LogP contribution in [0.1, 0.15) is 36.8 Å². The van der Waals surface area contributed by atoms with Crippen LogP contribution in [0.15, 0.2) is 58.6 Å². The third-order valence-corrected chi connectivity index (χ3v) is 4.44. The standard InChI is InChI=1S/C20H21FN4O/c1-2-16-8-3-4-9-18(16)24-19-17(21)12-23-20(25-19)26-13-15-7-5-6-14(10-15)11-22/h2,5-7,10,16H,1,3-4,8-9,12-13H2,(H,23,25). The van der Waals surface area contributed by atoms with Crippen LogP contribution in [0.2, 0.25) is 0 Å². The van der Waals surface area contributed by atoms with Crippen molar-refractivity contribution in [2.24, 2.45) is 15.9 Å². The Kier molecular flexibility index (Phi) is 5.80. The molecule has 134 valence electrons. The highest BCUT2D eigenvalue weighted by atomic mass is 19.1. The number of nitriles is 1. The van der Waals surface area contributed by atoms with Crippen LogP contribution in [0.5, 0.6) is 0 Å². The number of nitrogens with zero attached hydrogens (tertiary/aromatic N) is 3. The molecule has 1 atom stereocenters. The van der Waals surface area contributed by atoms with Gasteiger partial charge in [-0.25, -0.2) is 14.4 Å². The fourth-order valence-electron chi connectivity index (χ4n) is 3.04. The van der Waals surface area contributed by atoms with Crippen molar-refractivity contribution in [2.75, 3.05) is 6.54 Å². The van der Waals surface area contributed by atoms with Crippen LogP contribution in [-0.2, 0) is 11.3 Å². The van der Waals surface area contributed by atoms with Gasteiger partial charge in [0.25, 0.3) is 6.02 Å². The van der Waals surface area contributed by atoms with Gasteiger partial charge in [-0.05, 0) is 37.0 Å². The summed E-state index contributed by atoms with van der Waals surface area (Å²) in [6, 6.07) is 9.45. The molecule has 0 radical (unpaired) electrons. The zero-order valence-electron chi connectivity index (χ0n) is 14.5. The number of nitrogens with one attached hydrogen (secondary N) is 1. The number of hydrogen-bond acceptors (Lipinski definition) is 5. The predicted octanol–water partition coefficient (Wildman–Crippen LogP) is 3.99. The number of amidine groups is 1. The van der Waals surface area contributed by atoms with Crippen LogP contribution < -0.4 is 5.32 Å². The maximum absolute atomic E-state index is 14.2. The zero-order chi connectivity index (χ0) is 18.4. The normalized spacial score (nSPS) is 21.6. The van der Waals surface area contributed by atoms with Crippen LogP contribution in [-0.4, -0.2) is 18.3 Å². The third-order valence-electron chi connectivity index (χ3n) is 4.44. The van der Waals surface area contributed by atoms with E-state index in [1.165, 1.54) is 0 Å². The molecule has 1 aliphatic carbocycles. The van der Waals surface area contributed by atoms with Gasteiger partial charge in [-0.2, -0.15) is 5.26 Å². The molecular weight excluding hydrogens is 331 g/mol.